The van der Waals surface area contributed by atoms with E-state index < -0.39 is 0 Å². The summed E-state index contributed by atoms with van der Waals surface area (Å²) in [6.45, 7) is 0. The van der Waals surface area contributed by atoms with Crippen molar-refractivity contribution < 1.29 is 0 Å². The topological polar surface area (TPSA) is 56.5 Å². The molecule has 4 aromatic rings. The molecule has 0 spiro atoms. The van der Waals surface area contributed by atoms with Crippen LogP contribution in [0, 0.1) is 0 Å². The molecule has 25 heavy (non-hydrogen) atoms. The van der Waals surface area contributed by atoms with Gasteiger partial charge in [0, 0.05) is 41.1 Å². The van der Waals surface area contributed by atoms with E-state index in [9.17, 15) is 0 Å². The lowest BCUT2D eigenvalue weighted by Gasteiger charge is -2.25. The molecule has 0 atom stereocenters. The molecule has 3 heterocycles. The van der Waals surface area contributed by atoms with Crippen molar-refractivity contribution in [1.29, 1.82) is 0 Å². The number of H-pyrrole nitrogens is 2. The fourth-order valence-electron chi connectivity index (χ4n) is 4.05. The first-order valence-corrected chi connectivity index (χ1v) is 9.19. The van der Waals surface area contributed by atoms with Gasteiger partial charge in [-0.1, -0.05) is 31.4 Å². The fraction of sp³-hybridized carbons (Fsp3) is 0.286. The van der Waals surface area contributed by atoms with Gasteiger partial charge in [0.25, 0.3) is 0 Å². The molecule has 0 unspecified atom stereocenters. The van der Waals surface area contributed by atoms with Crippen molar-refractivity contribution in [3.05, 3.63) is 48.9 Å². The Morgan fingerprint density at radius 2 is 1.84 bits per heavy atom. The van der Waals surface area contributed by atoms with Gasteiger partial charge in [0.1, 0.15) is 5.65 Å². The third-order valence-electron chi connectivity index (χ3n) is 5.41. The number of nitrogens with zero attached hydrogens (tertiary/aromatic N) is 1. The molecule has 1 aromatic carbocycles. The van der Waals surface area contributed by atoms with Crippen molar-refractivity contribution in [2.24, 2.45) is 0 Å². The van der Waals surface area contributed by atoms with Crippen LogP contribution in [-0.2, 0) is 0 Å². The van der Waals surface area contributed by atoms with Crippen LogP contribution in [0.1, 0.15) is 32.1 Å². The largest absolute Gasteiger partial charge is 0.381 e. The van der Waals surface area contributed by atoms with E-state index >= 15 is 0 Å². The Hall–Kier alpha value is -2.75. The second-order valence-electron chi connectivity index (χ2n) is 7.05. The summed E-state index contributed by atoms with van der Waals surface area (Å²) in [6.07, 6.45) is 12.5. The number of hydrogen-bond donors (Lipinski definition) is 3. The molecule has 0 amide bonds. The van der Waals surface area contributed by atoms with Crippen LogP contribution in [0.4, 0.5) is 5.69 Å². The number of pyridine rings is 1. The van der Waals surface area contributed by atoms with Gasteiger partial charge in [-0.05, 0) is 42.0 Å². The van der Waals surface area contributed by atoms with E-state index in [1.807, 2.05) is 18.6 Å². The lowest BCUT2D eigenvalue weighted by Crippen LogP contribution is -2.22. The number of anilines is 1. The summed E-state index contributed by atoms with van der Waals surface area (Å²) in [6, 6.07) is 11.4. The number of hydrogen-bond acceptors (Lipinski definition) is 2. The van der Waals surface area contributed by atoms with Crippen LogP contribution in [0.15, 0.2) is 48.9 Å². The van der Waals surface area contributed by atoms with Gasteiger partial charge >= 0.3 is 0 Å². The SMILES string of the molecule is c1cc2ccc(-c3cnc4[nH]ccc4c3NC3CCCCC3)cc2[nH]1. The van der Waals surface area contributed by atoms with Crippen LogP contribution in [0.2, 0.25) is 0 Å². The maximum Gasteiger partial charge on any atom is 0.139 e. The van der Waals surface area contributed by atoms with Gasteiger partial charge in [0.15, 0.2) is 0 Å². The minimum absolute atomic E-state index is 0.558. The molecule has 0 bridgehead atoms. The highest BCUT2D eigenvalue weighted by atomic mass is 14.9. The van der Waals surface area contributed by atoms with Crippen LogP contribution >= 0.6 is 0 Å². The number of aromatic nitrogens is 3. The minimum atomic E-state index is 0.558. The molecule has 126 valence electrons. The van der Waals surface area contributed by atoms with Crippen molar-refractivity contribution in [2.75, 3.05) is 5.32 Å². The molecule has 4 heteroatoms. The molecular formula is C21H22N4. The minimum Gasteiger partial charge on any atom is -0.381 e. The van der Waals surface area contributed by atoms with Crippen molar-refractivity contribution in [2.45, 2.75) is 38.1 Å². The van der Waals surface area contributed by atoms with Gasteiger partial charge in [-0.2, -0.15) is 0 Å². The molecule has 0 radical (unpaired) electrons. The van der Waals surface area contributed by atoms with E-state index in [4.69, 9.17) is 0 Å². The predicted octanol–water partition coefficient (Wildman–Crippen LogP) is 5.46. The van der Waals surface area contributed by atoms with Gasteiger partial charge < -0.3 is 15.3 Å². The zero-order chi connectivity index (χ0) is 16.6. The molecule has 4 nitrogen and oxygen atoms in total. The van der Waals surface area contributed by atoms with Crippen LogP contribution < -0.4 is 5.32 Å². The lowest BCUT2D eigenvalue weighted by atomic mass is 9.94. The molecule has 3 aromatic heterocycles. The molecule has 1 aliphatic carbocycles. The Kier molecular flexibility index (Phi) is 3.47. The lowest BCUT2D eigenvalue weighted by molar-refractivity contribution is 0.463. The molecular weight excluding hydrogens is 308 g/mol. The van der Waals surface area contributed by atoms with Gasteiger partial charge in [0.05, 0.1) is 5.69 Å². The number of aromatic amines is 2. The second kappa shape index (κ2) is 5.96. The van der Waals surface area contributed by atoms with Crippen molar-refractivity contribution in [3.8, 4) is 11.1 Å². The normalized spacial score (nSPS) is 15.8. The first-order valence-electron chi connectivity index (χ1n) is 9.19. The van der Waals surface area contributed by atoms with Crippen molar-refractivity contribution in [3.63, 3.8) is 0 Å². The molecule has 5 rings (SSSR count). The summed E-state index contributed by atoms with van der Waals surface area (Å²) >= 11 is 0. The van der Waals surface area contributed by atoms with E-state index in [1.165, 1.54) is 59.7 Å². The molecule has 0 aliphatic heterocycles. The van der Waals surface area contributed by atoms with Crippen molar-refractivity contribution in [1.82, 2.24) is 15.0 Å². The Labute approximate surface area is 146 Å². The highest BCUT2D eigenvalue weighted by Gasteiger charge is 2.18. The van der Waals surface area contributed by atoms with E-state index in [1.54, 1.807) is 0 Å². The van der Waals surface area contributed by atoms with E-state index in [0.717, 1.165) is 11.2 Å². The monoisotopic (exact) mass is 330 g/mol. The third-order valence-corrected chi connectivity index (χ3v) is 5.41. The first kappa shape index (κ1) is 14.6. The zero-order valence-corrected chi connectivity index (χ0v) is 14.2. The van der Waals surface area contributed by atoms with Gasteiger partial charge in [-0.3, -0.25) is 0 Å². The molecule has 0 saturated heterocycles. The van der Waals surface area contributed by atoms with Gasteiger partial charge in [-0.15, -0.1) is 0 Å². The Balaban J connectivity index is 1.64. The smallest absolute Gasteiger partial charge is 0.139 e. The summed E-state index contributed by atoms with van der Waals surface area (Å²) in [7, 11) is 0. The van der Waals surface area contributed by atoms with Crippen molar-refractivity contribution >= 4 is 27.6 Å². The molecule has 1 aliphatic rings. The van der Waals surface area contributed by atoms with Crippen LogP contribution in [-0.4, -0.2) is 21.0 Å². The Morgan fingerprint density at radius 3 is 2.76 bits per heavy atom. The standard InChI is InChI=1S/C21H22N4/c1-2-4-16(5-3-1)25-20-17-9-11-23-21(17)24-13-18(20)15-7-6-14-8-10-22-19(14)12-15/h6-13,16,22H,1-5H2,(H2,23,24,25). The van der Waals surface area contributed by atoms with E-state index in [2.05, 4.69) is 50.6 Å². The van der Waals surface area contributed by atoms with Crippen LogP contribution in [0.25, 0.3) is 33.1 Å². The molecule has 1 saturated carbocycles. The number of rotatable bonds is 3. The summed E-state index contributed by atoms with van der Waals surface area (Å²) < 4.78 is 0. The first-order chi connectivity index (χ1) is 12.4. The fourth-order valence-corrected chi connectivity index (χ4v) is 4.05. The quantitative estimate of drug-likeness (QED) is 0.467. The number of nitrogens with one attached hydrogen (secondary N) is 3. The van der Waals surface area contributed by atoms with Crippen LogP contribution in [0.3, 0.4) is 0 Å². The highest BCUT2D eigenvalue weighted by Crippen LogP contribution is 2.36. The summed E-state index contributed by atoms with van der Waals surface area (Å²) in [5, 5.41) is 6.26. The number of fused-ring (bicyclic) bond motifs is 2. The highest BCUT2D eigenvalue weighted by molar-refractivity contribution is 5.99. The maximum atomic E-state index is 4.63. The maximum absolute atomic E-state index is 4.63. The summed E-state index contributed by atoms with van der Waals surface area (Å²) in [5.41, 5.74) is 5.69. The summed E-state index contributed by atoms with van der Waals surface area (Å²) in [5.74, 6) is 0. The Bertz CT molecular complexity index is 1020. The van der Waals surface area contributed by atoms with E-state index in [0.29, 0.717) is 6.04 Å². The Morgan fingerprint density at radius 1 is 0.960 bits per heavy atom. The second-order valence-corrected chi connectivity index (χ2v) is 7.05. The van der Waals surface area contributed by atoms with Crippen LogP contribution in [0.5, 0.6) is 0 Å². The molecule has 1 fully saturated rings. The van der Waals surface area contributed by atoms with E-state index in [-0.39, 0.29) is 0 Å². The average molecular weight is 330 g/mol. The zero-order valence-electron chi connectivity index (χ0n) is 14.2. The molecule has 3 N–H and O–H groups in total. The van der Waals surface area contributed by atoms with Gasteiger partial charge in [-0.25, -0.2) is 4.98 Å². The predicted molar refractivity (Wildman–Crippen MR) is 104 cm³/mol. The summed E-state index contributed by atoms with van der Waals surface area (Å²) in [4.78, 5) is 11.2. The van der Waals surface area contributed by atoms with Gasteiger partial charge in [0.2, 0.25) is 0 Å². The third kappa shape index (κ3) is 2.58. The number of benzene rings is 1. The average Bonchev–Trinajstić information content (AvgIpc) is 3.31.